The maximum atomic E-state index is 11.7. The molecular formula is C12H26ClNO3. The third-order valence-electron chi connectivity index (χ3n) is 1.72. The Morgan fingerprint density at radius 2 is 1.47 bits per heavy atom. The predicted octanol–water partition coefficient (Wildman–Crippen LogP) is 2.28. The van der Waals surface area contributed by atoms with Crippen molar-refractivity contribution in [1.82, 2.24) is 0 Å². The molecule has 5 heteroatoms. The van der Waals surface area contributed by atoms with Gasteiger partial charge in [-0.3, -0.25) is 4.79 Å². The van der Waals surface area contributed by atoms with Crippen molar-refractivity contribution in [3.05, 3.63) is 0 Å². The standard InChI is InChI=1S/C12H25NO3.ClH/c1-8(15-11(2,3)4)9(13)10(14)16-12(5,6)7;/h8-9H,13H2,1-7H3;1H/t8-,9+;/m1./s1. The van der Waals surface area contributed by atoms with Gasteiger partial charge in [-0.1, -0.05) is 0 Å². The summed E-state index contributed by atoms with van der Waals surface area (Å²) in [6.45, 7) is 13.0. The fourth-order valence-corrected chi connectivity index (χ4v) is 1.19. The maximum absolute atomic E-state index is 11.7. The molecule has 2 N–H and O–H groups in total. The highest BCUT2D eigenvalue weighted by Crippen LogP contribution is 2.15. The number of esters is 1. The minimum absolute atomic E-state index is 0. The van der Waals surface area contributed by atoms with Gasteiger partial charge in [0.05, 0.1) is 11.7 Å². The van der Waals surface area contributed by atoms with Gasteiger partial charge in [-0.15, -0.1) is 12.4 Å². The molecule has 0 saturated heterocycles. The number of carbonyl (C=O) groups excluding carboxylic acids is 1. The van der Waals surface area contributed by atoms with Crippen LogP contribution < -0.4 is 5.73 Å². The van der Waals surface area contributed by atoms with E-state index < -0.39 is 17.6 Å². The van der Waals surface area contributed by atoms with Gasteiger partial charge in [0.15, 0.2) is 0 Å². The Labute approximate surface area is 111 Å². The van der Waals surface area contributed by atoms with Crippen molar-refractivity contribution in [1.29, 1.82) is 0 Å². The molecule has 0 bridgehead atoms. The van der Waals surface area contributed by atoms with E-state index in [1.165, 1.54) is 0 Å². The molecule has 17 heavy (non-hydrogen) atoms. The van der Waals surface area contributed by atoms with Crippen LogP contribution in [0.4, 0.5) is 0 Å². The Morgan fingerprint density at radius 1 is 1.06 bits per heavy atom. The predicted molar refractivity (Wildman–Crippen MR) is 71.4 cm³/mol. The van der Waals surface area contributed by atoms with E-state index in [1.54, 1.807) is 6.92 Å². The average molecular weight is 268 g/mol. The molecule has 0 spiro atoms. The van der Waals surface area contributed by atoms with Gasteiger partial charge in [-0.05, 0) is 48.5 Å². The van der Waals surface area contributed by atoms with Crippen LogP contribution in [0, 0.1) is 0 Å². The molecule has 0 unspecified atom stereocenters. The second kappa shape index (κ2) is 6.57. The maximum Gasteiger partial charge on any atom is 0.326 e. The van der Waals surface area contributed by atoms with Crippen LogP contribution >= 0.6 is 12.4 Å². The lowest BCUT2D eigenvalue weighted by Crippen LogP contribution is -2.47. The number of carbonyl (C=O) groups is 1. The zero-order chi connectivity index (χ0) is 13.1. The first kappa shape index (κ1) is 19.0. The largest absolute Gasteiger partial charge is 0.459 e. The number of halogens is 1. The number of rotatable bonds is 3. The molecule has 0 fully saturated rings. The van der Waals surface area contributed by atoms with E-state index in [4.69, 9.17) is 15.2 Å². The van der Waals surface area contributed by atoms with Gasteiger partial charge in [-0.2, -0.15) is 0 Å². The topological polar surface area (TPSA) is 61.5 Å². The summed E-state index contributed by atoms with van der Waals surface area (Å²) in [5.74, 6) is -0.427. The van der Waals surface area contributed by atoms with Crippen molar-refractivity contribution in [2.75, 3.05) is 0 Å². The van der Waals surface area contributed by atoms with E-state index in [0.717, 1.165) is 0 Å². The third-order valence-corrected chi connectivity index (χ3v) is 1.72. The summed E-state index contributed by atoms with van der Waals surface area (Å²) in [7, 11) is 0. The first-order valence-corrected chi connectivity index (χ1v) is 5.58. The van der Waals surface area contributed by atoms with Crippen LogP contribution in [0.1, 0.15) is 48.5 Å². The Morgan fingerprint density at radius 3 is 1.76 bits per heavy atom. The van der Waals surface area contributed by atoms with E-state index >= 15 is 0 Å². The van der Waals surface area contributed by atoms with Crippen molar-refractivity contribution >= 4 is 18.4 Å². The molecule has 0 aromatic rings. The number of ether oxygens (including phenoxy) is 2. The molecule has 0 aromatic carbocycles. The minimum atomic E-state index is -0.751. The molecule has 0 rings (SSSR count). The van der Waals surface area contributed by atoms with Crippen LogP contribution in [0.2, 0.25) is 0 Å². The van der Waals surface area contributed by atoms with Gasteiger partial charge in [0.2, 0.25) is 0 Å². The number of hydrogen-bond donors (Lipinski definition) is 1. The highest BCUT2D eigenvalue weighted by atomic mass is 35.5. The lowest BCUT2D eigenvalue weighted by molar-refractivity contribution is -0.162. The third kappa shape index (κ3) is 9.39. The lowest BCUT2D eigenvalue weighted by Gasteiger charge is -2.29. The van der Waals surface area contributed by atoms with Gasteiger partial charge >= 0.3 is 5.97 Å². The van der Waals surface area contributed by atoms with E-state index in [-0.39, 0.29) is 24.1 Å². The van der Waals surface area contributed by atoms with Crippen LogP contribution in [-0.4, -0.2) is 29.3 Å². The molecular weight excluding hydrogens is 242 g/mol. The van der Waals surface area contributed by atoms with Gasteiger partial charge in [0.1, 0.15) is 11.6 Å². The van der Waals surface area contributed by atoms with Gasteiger partial charge in [0, 0.05) is 0 Å². The lowest BCUT2D eigenvalue weighted by atomic mass is 10.1. The molecule has 0 heterocycles. The van der Waals surface area contributed by atoms with E-state index in [0.29, 0.717) is 0 Å². The van der Waals surface area contributed by atoms with Crippen LogP contribution in [-0.2, 0) is 14.3 Å². The first-order chi connectivity index (χ1) is 6.92. The quantitative estimate of drug-likeness (QED) is 0.797. The summed E-state index contributed by atoms with van der Waals surface area (Å²) < 4.78 is 10.8. The summed E-state index contributed by atoms with van der Waals surface area (Å²) in [5.41, 5.74) is 4.94. The molecule has 4 nitrogen and oxygen atoms in total. The van der Waals surface area contributed by atoms with Crippen LogP contribution in [0.15, 0.2) is 0 Å². The van der Waals surface area contributed by atoms with E-state index in [1.807, 2.05) is 41.5 Å². The minimum Gasteiger partial charge on any atom is -0.459 e. The molecule has 0 aliphatic heterocycles. The average Bonchev–Trinajstić information content (AvgIpc) is 1.96. The molecule has 0 aromatic heterocycles. The SMILES string of the molecule is C[C@@H](OC(C)(C)C)[C@H](N)C(=O)OC(C)(C)C.Cl. The van der Waals surface area contributed by atoms with Crippen molar-refractivity contribution < 1.29 is 14.3 Å². The van der Waals surface area contributed by atoms with Crippen LogP contribution in [0.3, 0.4) is 0 Å². The van der Waals surface area contributed by atoms with Gasteiger partial charge in [-0.25, -0.2) is 0 Å². The molecule has 104 valence electrons. The van der Waals surface area contributed by atoms with E-state index in [2.05, 4.69) is 0 Å². The Bertz CT molecular complexity index is 243. The van der Waals surface area contributed by atoms with Crippen molar-refractivity contribution in [3.63, 3.8) is 0 Å². The summed E-state index contributed by atoms with van der Waals surface area (Å²) in [6.07, 6.45) is -0.366. The summed E-state index contributed by atoms with van der Waals surface area (Å²) in [4.78, 5) is 11.7. The van der Waals surface area contributed by atoms with Crippen molar-refractivity contribution in [3.8, 4) is 0 Å². The fourth-order valence-electron chi connectivity index (χ4n) is 1.19. The summed E-state index contributed by atoms with van der Waals surface area (Å²) >= 11 is 0. The molecule has 0 aliphatic carbocycles. The first-order valence-electron chi connectivity index (χ1n) is 5.58. The number of hydrogen-bond acceptors (Lipinski definition) is 4. The Hall–Kier alpha value is -0.320. The molecule has 0 amide bonds. The summed E-state index contributed by atoms with van der Waals surface area (Å²) in [6, 6.07) is -0.751. The molecule has 2 atom stereocenters. The highest BCUT2D eigenvalue weighted by Gasteiger charge is 2.29. The second-order valence-corrected chi connectivity index (χ2v) is 5.99. The Balaban J connectivity index is 0. The van der Waals surface area contributed by atoms with E-state index in [9.17, 15) is 4.79 Å². The number of nitrogens with two attached hydrogens (primary N) is 1. The van der Waals surface area contributed by atoms with Crippen LogP contribution in [0.5, 0.6) is 0 Å². The molecule has 0 aliphatic rings. The normalized spacial score (nSPS) is 15.8. The van der Waals surface area contributed by atoms with Gasteiger partial charge < -0.3 is 15.2 Å². The fraction of sp³-hybridized carbons (Fsp3) is 0.917. The van der Waals surface area contributed by atoms with Gasteiger partial charge in [0.25, 0.3) is 0 Å². The van der Waals surface area contributed by atoms with Crippen LogP contribution in [0.25, 0.3) is 0 Å². The zero-order valence-corrected chi connectivity index (χ0v) is 12.7. The Kier molecular flexibility index (Phi) is 7.35. The highest BCUT2D eigenvalue weighted by molar-refractivity contribution is 5.85. The van der Waals surface area contributed by atoms with Crippen molar-refractivity contribution in [2.24, 2.45) is 5.73 Å². The molecule has 0 saturated carbocycles. The summed E-state index contributed by atoms with van der Waals surface area (Å²) in [5, 5.41) is 0. The monoisotopic (exact) mass is 267 g/mol. The second-order valence-electron chi connectivity index (χ2n) is 5.99. The van der Waals surface area contributed by atoms with Crippen molar-refractivity contribution in [2.45, 2.75) is 71.8 Å². The molecule has 0 radical (unpaired) electrons. The zero-order valence-electron chi connectivity index (χ0n) is 11.9. The smallest absolute Gasteiger partial charge is 0.326 e.